The van der Waals surface area contributed by atoms with Gasteiger partial charge in [-0.15, -0.1) is 0 Å². The average Bonchev–Trinajstić information content (AvgIpc) is 2.86. The number of carboxylic acid groups (broad SMARTS) is 1. The average molecular weight is 276 g/mol. The second-order valence-electron chi connectivity index (χ2n) is 4.67. The number of aromatic nitrogens is 2. The molecule has 1 N–H and O–H groups in total. The highest BCUT2D eigenvalue weighted by molar-refractivity contribution is 5.71. The Morgan fingerprint density at radius 1 is 1.40 bits per heavy atom. The molecular weight excluding hydrogens is 260 g/mol. The van der Waals surface area contributed by atoms with Crippen LogP contribution in [0.4, 0.5) is 0 Å². The summed E-state index contributed by atoms with van der Waals surface area (Å²) in [5.74, 6) is 0.799. The zero-order chi connectivity index (χ0) is 14.5. The van der Waals surface area contributed by atoms with Crippen molar-refractivity contribution in [3.05, 3.63) is 41.5 Å². The summed E-state index contributed by atoms with van der Waals surface area (Å²) in [6, 6.07) is 7.00. The number of para-hydroxylation sites is 1. The molecule has 0 fully saturated rings. The van der Waals surface area contributed by atoms with E-state index in [0.717, 1.165) is 0 Å². The summed E-state index contributed by atoms with van der Waals surface area (Å²) in [4.78, 5) is 15.0. The predicted molar refractivity (Wildman–Crippen MR) is 70.5 cm³/mol. The molecule has 20 heavy (non-hydrogen) atoms. The first-order chi connectivity index (χ1) is 9.56. The molecule has 106 valence electrons. The number of hydrogen-bond acceptors (Lipinski definition) is 5. The van der Waals surface area contributed by atoms with Crippen LogP contribution in [0.5, 0.6) is 5.75 Å². The maximum Gasteiger partial charge on any atom is 0.307 e. The minimum absolute atomic E-state index is 0.0861. The van der Waals surface area contributed by atoms with Crippen molar-refractivity contribution in [1.82, 2.24) is 10.1 Å². The fourth-order valence-electron chi connectivity index (χ4n) is 1.65. The van der Waals surface area contributed by atoms with E-state index in [1.165, 1.54) is 0 Å². The third kappa shape index (κ3) is 3.57. The fourth-order valence-corrected chi connectivity index (χ4v) is 1.65. The molecule has 6 heteroatoms. The van der Waals surface area contributed by atoms with E-state index in [-0.39, 0.29) is 18.9 Å². The van der Waals surface area contributed by atoms with Crippen molar-refractivity contribution in [3.8, 4) is 5.75 Å². The van der Waals surface area contributed by atoms with Crippen molar-refractivity contribution in [1.29, 1.82) is 0 Å². The fraction of sp³-hybridized carbons (Fsp3) is 0.357. The van der Waals surface area contributed by atoms with E-state index in [4.69, 9.17) is 14.4 Å². The highest BCUT2D eigenvalue weighted by Crippen LogP contribution is 2.20. The largest absolute Gasteiger partial charge is 0.483 e. The van der Waals surface area contributed by atoms with Crippen LogP contribution < -0.4 is 4.74 Å². The van der Waals surface area contributed by atoms with Crippen LogP contribution in [0.25, 0.3) is 0 Å². The van der Waals surface area contributed by atoms with Gasteiger partial charge in [-0.1, -0.05) is 37.2 Å². The van der Waals surface area contributed by atoms with Crippen LogP contribution in [0.2, 0.25) is 0 Å². The van der Waals surface area contributed by atoms with Crippen molar-refractivity contribution in [3.63, 3.8) is 0 Å². The molecule has 1 heterocycles. The topological polar surface area (TPSA) is 85.5 Å². The Hall–Kier alpha value is -2.37. The molecule has 0 atom stereocenters. The molecule has 0 saturated heterocycles. The van der Waals surface area contributed by atoms with Gasteiger partial charge in [0.15, 0.2) is 12.4 Å². The number of carboxylic acids is 1. The zero-order valence-electron chi connectivity index (χ0n) is 11.4. The molecule has 1 aromatic heterocycles. The quantitative estimate of drug-likeness (QED) is 0.872. The summed E-state index contributed by atoms with van der Waals surface area (Å²) in [5, 5.41) is 12.7. The summed E-state index contributed by atoms with van der Waals surface area (Å²) < 4.78 is 10.6. The van der Waals surface area contributed by atoms with E-state index in [9.17, 15) is 4.79 Å². The highest BCUT2D eigenvalue weighted by atomic mass is 16.5. The summed E-state index contributed by atoms with van der Waals surface area (Å²) in [7, 11) is 0. The molecule has 0 amide bonds. The molecule has 2 aromatic rings. The van der Waals surface area contributed by atoms with Crippen molar-refractivity contribution >= 4 is 5.97 Å². The van der Waals surface area contributed by atoms with E-state index in [1.807, 2.05) is 13.8 Å². The lowest BCUT2D eigenvalue weighted by Crippen LogP contribution is -2.04. The maximum atomic E-state index is 10.8. The molecule has 0 saturated carbocycles. The Morgan fingerprint density at radius 3 is 2.80 bits per heavy atom. The molecule has 0 radical (unpaired) electrons. The number of aliphatic carboxylic acids is 1. The molecule has 0 unspecified atom stereocenters. The van der Waals surface area contributed by atoms with E-state index in [2.05, 4.69) is 10.1 Å². The SMILES string of the molecule is CC(C)c1noc(COc2ccccc2CC(=O)O)n1. The van der Waals surface area contributed by atoms with Crippen LogP contribution in [0, 0.1) is 0 Å². The lowest BCUT2D eigenvalue weighted by molar-refractivity contribution is -0.136. The number of nitrogens with zero attached hydrogens (tertiary/aromatic N) is 2. The van der Waals surface area contributed by atoms with Crippen LogP contribution >= 0.6 is 0 Å². The Morgan fingerprint density at radius 2 is 2.15 bits per heavy atom. The van der Waals surface area contributed by atoms with Gasteiger partial charge in [-0.05, 0) is 6.07 Å². The summed E-state index contributed by atoms with van der Waals surface area (Å²) >= 11 is 0. The monoisotopic (exact) mass is 276 g/mol. The van der Waals surface area contributed by atoms with Gasteiger partial charge in [-0.2, -0.15) is 4.98 Å². The van der Waals surface area contributed by atoms with E-state index in [0.29, 0.717) is 23.0 Å². The van der Waals surface area contributed by atoms with Crippen LogP contribution in [0.3, 0.4) is 0 Å². The minimum atomic E-state index is -0.902. The van der Waals surface area contributed by atoms with Gasteiger partial charge < -0.3 is 14.4 Å². The first kappa shape index (κ1) is 14.0. The van der Waals surface area contributed by atoms with Gasteiger partial charge in [0.25, 0.3) is 5.89 Å². The molecule has 1 aromatic carbocycles. The van der Waals surface area contributed by atoms with Gasteiger partial charge in [-0.3, -0.25) is 4.79 Å². The number of rotatable bonds is 6. The molecular formula is C14H16N2O4. The number of hydrogen-bond donors (Lipinski definition) is 1. The standard InChI is InChI=1S/C14H16N2O4/c1-9(2)14-15-12(20-16-14)8-19-11-6-4-3-5-10(11)7-13(17)18/h3-6,9H,7-8H2,1-2H3,(H,17,18). The number of benzene rings is 1. The van der Waals surface area contributed by atoms with Crippen molar-refractivity contribution in [2.75, 3.05) is 0 Å². The van der Waals surface area contributed by atoms with Crippen LogP contribution in [0.15, 0.2) is 28.8 Å². The molecule has 0 spiro atoms. The van der Waals surface area contributed by atoms with Crippen LogP contribution in [-0.2, 0) is 17.8 Å². The second-order valence-corrected chi connectivity index (χ2v) is 4.67. The Bertz CT molecular complexity index is 592. The summed E-state index contributed by atoms with van der Waals surface area (Å²) in [6.07, 6.45) is -0.0861. The highest BCUT2D eigenvalue weighted by Gasteiger charge is 2.12. The first-order valence-corrected chi connectivity index (χ1v) is 6.31. The Balaban J connectivity index is 2.04. The molecule has 0 aliphatic rings. The molecule has 0 aliphatic carbocycles. The lowest BCUT2D eigenvalue weighted by atomic mass is 10.1. The van der Waals surface area contributed by atoms with Gasteiger partial charge in [0, 0.05) is 11.5 Å². The molecule has 0 aliphatic heterocycles. The van der Waals surface area contributed by atoms with Crippen molar-refractivity contribution in [2.45, 2.75) is 32.8 Å². The third-order valence-electron chi connectivity index (χ3n) is 2.67. The van der Waals surface area contributed by atoms with E-state index < -0.39 is 5.97 Å². The van der Waals surface area contributed by atoms with E-state index in [1.54, 1.807) is 24.3 Å². The predicted octanol–water partition coefficient (Wildman–Crippen LogP) is 2.40. The zero-order valence-corrected chi connectivity index (χ0v) is 11.4. The summed E-state index contributed by atoms with van der Waals surface area (Å²) in [5.41, 5.74) is 0.614. The Kier molecular flexibility index (Phi) is 4.34. The van der Waals surface area contributed by atoms with Gasteiger partial charge in [-0.25, -0.2) is 0 Å². The second kappa shape index (κ2) is 6.18. The van der Waals surface area contributed by atoms with Crippen molar-refractivity contribution < 1.29 is 19.2 Å². The minimum Gasteiger partial charge on any atom is -0.483 e. The Labute approximate surface area is 116 Å². The van der Waals surface area contributed by atoms with Gasteiger partial charge in [0.1, 0.15) is 5.75 Å². The molecule has 0 bridgehead atoms. The van der Waals surface area contributed by atoms with Crippen LogP contribution in [-0.4, -0.2) is 21.2 Å². The van der Waals surface area contributed by atoms with Gasteiger partial charge in [0.05, 0.1) is 6.42 Å². The summed E-state index contributed by atoms with van der Waals surface area (Å²) in [6.45, 7) is 4.06. The van der Waals surface area contributed by atoms with Crippen LogP contribution in [0.1, 0.15) is 37.0 Å². The molecule has 2 rings (SSSR count). The normalized spacial score (nSPS) is 10.8. The number of carbonyl (C=O) groups is 1. The first-order valence-electron chi connectivity index (χ1n) is 6.31. The number of ether oxygens (including phenoxy) is 1. The van der Waals surface area contributed by atoms with Crippen molar-refractivity contribution in [2.24, 2.45) is 0 Å². The van der Waals surface area contributed by atoms with Gasteiger partial charge >= 0.3 is 5.97 Å². The molecule has 6 nitrogen and oxygen atoms in total. The third-order valence-corrected chi connectivity index (χ3v) is 2.67. The smallest absolute Gasteiger partial charge is 0.307 e. The van der Waals surface area contributed by atoms with Gasteiger partial charge in [0.2, 0.25) is 0 Å². The van der Waals surface area contributed by atoms with E-state index >= 15 is 0 Å². The lowest BCUT2D eigenvalue weighted by Gasteiger charge is -2.07. The maximum absolute atomic E-state index is 10.8.